The van der Waals surface area contributed by atoms with Crippen molar-refractivity contribution in [3.8, 4) is 11.5 Å². The number of nitrogens with two attached hydrogens (primary N) is 1. The fourth-order valence-electron chi connectivity index (χ4n) is 2.41. The van der Waals surface area contributed by atoms with E-state index in [1.54, 1.807) is 12.1 Å². The van der Waals surface area contributed by atoms with Crippen molar-refractivity contribution in [1.82, 2.24) is 0 Å². The molecule has 3 nitrogen and oxygen atoms in total. The Morgan fingerprint density at radius 3 is 1.67 bits per heavy atom. The molecule has 0 atom stereocenters. The van der Waals surface area contributed by atoms with Crippen molar-refractivity contribution in [3.63, 3.8) is 0 Å². The smallest absolute Gasteiger partial charge is 0.231 e. The molecule has 0 bridgehead atoms. The van der Waals surface area contributed by atoms with E-state index in [1.165, 1.54) is 0 Å². The second-order valence-corrected chi connectivity index (χ2v) is 4.86. The normalized spacial score (nSPS) is 24.7. The summed E-state index contributed by atoms with van der Waals surface area (Å²) < 4.78 is 10.5. The number of hydrogen-bond acceptors (Lipinski definition) is 3. The van der Waals surface area contributed by atoms with Crippen LogP contribution >= 0.6 is 0 Å². The largest absolute Gasteiger partial charge is 0.454 e. The Morgan fingerprint density at radius 2 is 1.28 bits per heavy atom. The molecule has 2 N–H and O–H groups in total. The molecule has 1 aromatic rings. The van der Waals surface area contributed by atoms with Gasteiger partial charge >= 0.3 is 0 Å². The van der Waals surface area contributed by atoms with Crippen molar-refractivity contribution in [2.45, 2.75) is 15.9 Å². The molecular formula is C10H6B5NO2. The van der Waals surface area contributed by atoms with E-state index < -0.39 is 15.9 Å². The van der Waals surface area contributed by atoms with Gasteiger partial charge in [0.15, 0.2) is 11.5 Å². The Balaban J connectivity index is 2.31. The average Bonchev–Trinajstić information content (AvgIpc) is 2.76. The topological polar surface area (TPSA) is 44.5 Å². The van der Waals surface area contributed by atoms with Gasteiger partial charge in [-0.3, -0.25) is 0 Å². The average molecular weight is 226 g/mol. The van der Waals surface area contributed by atoms with Crippen LogP contribution in [0.1, 0.15) is 11.1 Å². The zero-order valence-corrected chi connectivity index (χ0v) is 9.64. The van der Waals surface area contributed by atoms with Gasteiger partial charge in [-0.25, -0.2) is 0 Å². The number of ether oxygens (including phenoxy) is 2. The summed E-state index contributed by atoms with van der Waals surface area (Å²) in [6, 6.07) is 3.24. The van der Waals surface area contributed by atoms with Crippen LogP contribution in [0.3, 0.4) is 0 Å². The number of hydrogen-bond donors (Lipinski definition) is 1. The van der Waals surface area contributed by atoms with E-state index in [4.69, 9.17) is 54.4 Å². The third-order valence-corrected chi connectivity index (χ3v) is 3.77. The Labute approximate surface area is 112 Å². The van der Waals surface area contributed by atoms with E-state index in [2.05, 4.69) is 0 Å². The molecule has 0 aromatic heterocycles. The predicted octanol–water partition coefficient (Wildman–Crippen LogP) is -1.77. The zero-order valence-electron chi connectivity index (χ0n) is 9.64. The summed E-state index contributed by atoms with van der Waals surface area (Å²) >= 11 is 0. The SMILES string of the molecule is [B]C1([B])c2cc3c(cc2C([B])([B])C1([B])N)OCO3. The molecule has 1 aliphatic heterocycles. The van der Waals surface area contributed by atoms with Crippen LogP contribution in [0.4, 0.5) is 0 Å². The van der Waals surface area contributed by atoms with Crippen LogP contribution in [0.2, 0.25) is 0 Å². The molecular weight excluding hydrogens is 220 g/mol. The third kappa shape index (κ3) is 1.15. The van der Waals surface area contributed by atoms with Gasteiger partial charge in [-0.2, -0.15) is 0 Å². The summed E-state index contributed by atoms with van der Waals surface area (Å²) in [6.07, 6.45) is 0. The van der Waals surface area contributed by atoms with Crippen LogP contribution in [0.15, 0.2) is 12.1 Å². The highest BCUT2D eigenvalue weighted by molar-refractivity contribution is 6.54. The number of benzene rings is 1. The molecule has 8 heteroatoms. The molecule has 1 aliphatic carbocycles. The standard InChI is InChI=1S/C10H6B5NO2/c11-8(12)4-1-6-7(18-3-17-6)2-5(4)9(13,14)10(8,15)16/h1-2H,3,16H2. The van der Waals surface area contributed by atoms with E-state index in [9.17, 15) is 0 Å². The number of rotatable bonds is 0. The maximum absolute atomic E-state index is 6.01. The van der Waals surface area contributed by atoms with Crippen molar-refractivity contribution in [1.29, 1.82) is 0 Å². The Kier molecular flexibility index (Phi) is 2.13. The molecule has 78 valence electrons. The zero-order chi connectivity index (χ0) is 13.3. The first-order chi connectivity index (χ1) is 8.19. The van der Waals surface area contributed by atoms with Crippen molar-refractivity contribution in [2.75, 3.05) is 6.79 Å². The fraction of sp³-hybridized carbons (Fsp3) is 0.400. The monoisotopic (exact) mass is 227 g/mol. The van der Waals surface area contributed by atoms with Gasteiger partial charge in [-0.15, -0.1) is 0 Å². The van der Waals surface area contributed by atoms with Gasteiger partial charge in [0.2, 0.25) is 6.79 Å². The first-order valence-electron chi connectivity index (χ1n) is 5.37. The van der Waals surface area contributed by atoms with Gasteiger partial charge < -0.3 is 15.2 Å². The molecule has 1 aromatic carbocycles. The summed E-state index contributed by atoms with van der Waals surface area (Å²) in [5.41, 5.74) is 5.16. The third-order valence-electron chi connectivity index (χ3n) is 3.77. The van der Waals surface area contributed by atoms with Crippen molar-refractivity contribution < 1.29 is 9.47 Å². The van der Waals surface area contributed by atoms with Crippen molar-refractivity contribution in [3.05, 3.63) is 23.3 Å². The van der Waals surface area contributed by atoms with E-state index in [0.717, 1.165) is 0 Å². The van der Waals surface area contributed by atoms with Crippen LogP contribution in [0, 0.1) is 0 Å². The summed E-state index contributed by atoms with van der Waals surface area (Å²) in [5.74, 6) is 1.03. The van der Waals surface area contributed by atoms with Crippen LogP contribution < -0.4 is 15.2 Å². The minimum Gasteiger partial charge on any atom is -0.454 e. The highest BCUT2D eigenvalue weighted by Crippen LogP contribution is 2.51. The van der Waals surface area contributed by atoms with Gasteiger partial charge in [0, 0.05) is 0 Å². The second kappa shape index (κ2) is 3.16. The van der Waals surface area contributed by atoms with Crippen LogP contribution in [-0.4, -0.2) is 51.5 Å². The summed E-state index contributed by atoms with van der Waals surface area (Å²) in [7, 11) is 30.0. The molecule has 0 saturated carbocycles. The molecule has 0 fully saturated rings. The van der Waals surface area contributed by atoms with E-state index >= 15 is 0 Å². The van der Waals surface area contributed by atoms with Gasteiger partial charge in [-0.1, -0.05) is 21.6 Å². The maximum atomic E-state index is 6.01. The molecule has 0 amide bonds. The summed E-state index contributed by atoms with van der Waals surface area (Å²) in [4.78, 5) is 0. The minimum atomic E-state index is -1.70. The van der Waals surface area contributed by atoms with E-state index in [-0.39, 0.29) is 6.79 Å². The van der Waals surface area contributed by atoms with E-state index in [1.807, 2.05) is 0 Å². The molecule has 0 saturated heterocycles. The Morgan fingerprint density at radius 1 is 0.889 bits per heavy atom. The first kappa shape index (κ1) is 12.2. The van der Waals surface area contributed by atoms with Gasteiger partial charge in [0.05, 0.1) is 39.2 Å². The van der Waals surface area contributed by atoms with Gasteiger partial charge in [-0.05, 0) is 17.6 Å². The van der Waals surface area contributed by atoms with E-state index in [0.29, 0.717) is 22.6 Å². The highest BCUT2D eigenvalue weighted by atomic mass is 16.7. The fourth-order valence-corrected chi connectivity index (χ4v) is 2.41. The van der Waals surface area contributed by atoms with Crippen molar-refractivity contribution in [2.24, 2.45) is 5.73 Å². The molecule has 18 heavy (non-hydrogen) atoms. The van der Waals surface area contributed by atoms with Gasteiger partial charge in [0.1, 0.15) is 0 Å². The molecule has 0 unspecified atom stereocenters. The van der Waals surface area contributed by atoms with Crippen LogP contribution in [-0.2, 0) is 10.4 Å². The van der Waals surface area contributed by atoms with Crippen LogP contribution in [0.5, 0.6) is 11.5 Å². The molecule has 3 rings (SSSR count). The summed E-state index contributed by atoms with van der Waals surface area (Å²) in [6.45, 7) is 0.124. The first-order valence-corrected chi connectivity index (χ1v) is 5.37. The molecule has 2 aliphatic rings. The maximum Gasteiger partial charge on any atom is 0.231 e. The van der Waals surface area contributed by atoms with Crippen molar-refractivity contribution >= 4 is 39.2 Å². The highest BCUT2D eigenvalue weighted by Gasteiger charge is 2.55. The molecule has 0 spiro atoms. The number of fused-ring (bicyclic) bond motifs is 2. The summed E-state index contributed by atoms with van der Waals surface area (Å²) in [5, 5.41) is -3.13. The van der Waals surface area contributed by atoms with Crippen LogP contribution in [0.25, 0.3) is 0 Å². The molecule has 10 radical (unpaired) electrons. The second-order valence-electron chi connectivity index (χ2n) is 4.86. The Bertz CT molecular complexity index is 498. The quantitative estimate of drug-likeness (QED) is 0.533. The predicted molar refractivity (Wildman–Crippen MR) is 71.6 cm³/mol. The van der Waals surface area contributed by atoms with Gasteiger partial charge in [0.25, 0.3) is 0 Å². The lowest BCUT2D eigenvalue weighted by Crippen LogP contribution is -2.67. The Hall–Kier alpha value is -0.895. The lowest BCUT2D eigenvalue weighted by atomic mass is 9.30. The lowest BCUT2D eigenvalue weighted by Gasteiger charge is -2.47. The minimum absolute atomic E-state index is 0.124. The molecule has 1 heterocycles. The lowest BCUT2D eigenvalue weighted by molar-refractivity contribution is 0.174.